The molecule has 8 nitrogen and oxygen atoms in total. The van der Waals surface area contributed by atoms with Crippen molar-refractivity contribution in [3.05, 3.63) is 24.2 Å². The van der Waals surface area contributed by atoms with Crippen LogP contribution in [0.15, 0.2) is 18.6 Å². The summed E-state index contributed by atoms with van der Waals surface area (Å²) < 4.78 is 7.12. The number of anilines is 1. The van der Waals surface area contributed by atoms with Gasteiger partial charge in [-0.15, -0.1) is 0 Å². The maximum Gasteiger partial charge on any atom is 0.408 e. The van der Waals surface area contributed by atoms with Gasteiger partial charge in [-0.1, -0.05) is 0 Å². The summed E-state index contributed by atoms with van der Waals surface area (Å²) in [6.07, 6.45) is 3.50. The third-order valence-electron chi connectivity index (χ3n) is 4.36. The van der Waals surface area contributed by atoms with Crippen LogP contribution in [-0.2, 0) is 4.74 Å². The summed E-state index contributed by atoms with van der Waals surface area (Å²) in [7, 11) is 0. The second-order valence-corrected chi connectivity index (χ2v) is 7.61. The quantitative estimate of drug-likeness (QED) is 0.874. The van der Waals surface area contributed by atoms with Crippen molar-refractivity contribution in [2.45, 2.75) is 45.3 Å². The van der Waals surface area contributed by atoms with Crippen LogP contribution in [0.3, 0.4) is 0 Å². The highest BCUT2D eigenvalue weighted by molar-refractivity contribution is 5.74. The van der Waals surface area contributed by atoms with Crippen molar-refractivity contribution in [1.82, 2.24) is 19.9 Å². The normalized spacial score (nSPS) is 20.9. The standard InChI is InChI=1S/C17H25N5O3/c1-12-5-7-22-13(12)14(18-11-19-22)21-8-6-17(9-21,10-23)20-15(24)25-16(2,3)4/h5,7,11,23H,6,8-10H2,1-4H3,(H,20,24)/t17-/m1/s1. The minimum Gasteiger partial charge on any atom is -0.444 e. The van der Waals surface area contributed by atoms with Crippen molar-refractivity contribution in [2.75, 3.05) is 24.6 Å². The van der Waals surface area contributed by atoms with E-state index in [0.29, 0.717) is 19.5 Å². The first kappa shape index (κ1) is 17.5. The SMILES string of the molecule is Cc1ccn2ncnc(N3CC[C@@](CO)(NC(=O)OC(C)(C)C)C3)c12. The molecule has 0 unspecified atom stereocenters. The van der Waals surface area contributed by atoms with E-state index >= 15 is 0 Å². The lowest BCUT2D eigenvalue weighted by atomic mass is 10.0. The first-order valence-electron chi connectivity index (χ1n) is 8.39. The van der Waals surface area contributed by atoms with Gasteiger partial charge in [0.2, 0.25) is 0 Å². The molecule has 2 aromatic rings. The van der Waals surface area contributed by atoms with E-state index < -0.39 is 17.2 Å². The van der Waals surface area contributed by atoms with Crippen LogP contribution in [-0.4, -0.2) is 56.6 Å². The molecule has 3 rings (SSSR count). The lowest BCUT2D eigenvalue weighted by molar-refractivity contribution is 0.0417. The highest BCUT2D eigenvalue weighted by Crippen LogP contribution is 2.29. The lowest BCUT2D eigenvalue weighted by Crippen LogP contribution is -2.54. The van der Waals surface area contributed by atoms with Crippen LogP contribution in [0.2, 0.25) is 0 Å². The largest absolute Gasteiger partial charge is 0.444 e. The molecule has 2 N–H and O–H groups in total. The molecule has 0 spiro atoms. The van der Waals surface area contributed by atoms with Gasteiger partial charge in [-0.25, -0.2) is 14.3 Å². The molecule has 3 heterocycles. The number of ether oxygens (including phenoxy) is 1. The van der Waals surface area contributed by atoms with Crippen LogP contribution in [0, 0.1) is 6.92 Å². The Bertz CT molecular complexity index is 782. The molecule has 0 saturated carbocycles. The van der Waals surface area contributed by atoms with Gasteiger partial charge in [0.1, 0.15) is 17.4 Å². The van der Waals surface area contributed by atoms with Crippen molar-refractivity contribution in [1.29, 1.82) is 0 Å². The molecular formula is C17H25N5O3. The fourth-order valence-electron chi connectivity index (χ4n) is 3.16. The summed E-state index contributed by atoms with van der Waals surface area (Å²) in [6, 6.07) is 1.99. The van der Waals surface area contributed by atoms with Crippen LogP contribution in [0.5, 0.6) is 0 Å². The average Bonchev–Trinajstić information content (AvgIpc) is 3.10. The third kappa shape index (κ3) is 3.53. The molecule has 8 heteroatoms. The van der Waals surface area contributed by atoms with Crippen molar-refractivity contribution in [3.63, 3.8) is 0 Å². The Kier molecular flexibility index (Phi) is 4.32. The molecule has 0 aromatic carbocycles. The summed E-state index contributed by atoms with van der Waals surface area (Å²) in [5.41, 5.74) is 0.691. The van der Waals surface area contributed by atoms with Crippen LogP contribution in [0.25, 0.3) is 5.52 Å². The van der Waals surface area contributed by atoms with Crippen LogP contribution in [0.1, 0.15) is 32.8 Å². The molecule has 1 aliphatic heterocycles. The Balaban J connectivity index is 1.81. The van der Waals surface area contributed by atoms with E-state index in [-0.39, 0.29) is 6.61 Å². The monoisotopic (exact) mass is 347 g/mol. The number of aliphatic hydroxyl groups excluding tert-OH is 1. The van der Waals surface area contributed by atoms with E-state index in [1.54, 1.807) is 4.52 Å². The molecule has 1 atom stereocenters. The molecule has 1 aliphatic rings. The van der Waals surface area contributed by atoms with E-state index in [0.717, 1.165) is 16.9 Å². The molecule has 136 valence electrons. The molecule has 25 heavy (non-hydrogen) atoms. The Labute approximate surface area is 146 Å². The number of aryl methyl sites for hydroxylation is 1. The highest BCUT2D eigenvalue weighted by atomic mass is 16.6. The fraction of sp³-hybridized carbons (Fsp3) is 0.588. The number of carbonyl (C=O) groups excluding carboxylic acids is 1. The first-order valence-corrected chi connectivity index (χ1v) is 8.39. The third-order valence-corrected chi connectivity index (χ3v) is 4.36. The van der Waals surface area contributed by atoms with E-state index in [1.165, 1.54) is 6.33 Å². The molecule has 0 bridgehead atoms. The number of nitrogens with one attached hydrogen (secondary N) is 1. The number of hydrogen-bond donors (Lipinski definition) is 2. The molecule has 0 aliphatic carbocycles. The molecule has 1 fully saturated rings. The zero-order valence-electron chi connectivity index (χ0n) is 15.1. The lowest BCUT2D eigenvalue weighted by Gasteiger charge is -2.30. The van der Waals surface area contributed by atoms with Crippen LogP contribution in [0.4, 0.5) is 10.6 Å². The van der Waals surface area contributed by atoms with Gasteiger partial charge in [0.05, 0.1) is 12.1 Å². The second-order valence-electron chi connectivity index (χ2n) is 7.61. The number of carbonyl (C=O) groups is 1. The fourth-order valence-corrected chi connectivity index (χ4v) is 3.16. The Hall–Kier alpha value is -2.35. The Morgan fingerprint density at radius 1 is 1.48 bits per heavy atom. The number of alkyl carbamates (subject to hydrolysis) is 1. The van der Waals surface area contributed by atoms with Gasteiger partial charge in [-0.3, -0.25) is 0 Å². The summed E-state index contributed by atoms with van der Waals surface area (Å²) in [5.74, 6) is 0.804. The van der Waals surface area contributed by atoms with Crippen LogP contribution < -0.4 is 10.2 Å². The topological polar surface area (TPSA) is 92.0 Å². The van der Waals surface area contributed by atoms with Gasteiger partial charge in [-0.2, -0.15) is 5.10 Å². The van der Waals surface area contributed by atoms with Crippen molar-refractivity contribution in [2.24, 2.45) is 0 Å². The second kappa shape index (κ2) is 6.18. The predicted molar refractivity (Wildman–Crippen MR) is 93.7 cm³/mol. The maximum absolute atomic E-state index is 12.2. The molecule has 2 aromatic heterocycles. The van der Waals surface area contributed by atoms with Crippen molar-refractivity contribution in [3.8, 4) is 0 Å². The Morgan fingerprint density at radius 3 is 2.92 bits per heavy atom. The van der Waals surface area contributed by atoms with Gasteiger partial charge in [0, 0.05) is 19.3 Å². The number of amides is 1. The number of rotatable bonds is 3. The molecule has 1 amide bonds. The van der Waals surface area contributed by atoms with Gasteiger partial charge < -0.3 is 20.1 Å². The molecule has 1 saturated heterocycles. The summed E-state index contributed by atoms with van der Waals surface area (Å²) >= 11 is 0. The van der Waals surface area contributed by atoms with Gasteiger partial charge in [0.25, 0.3) is 0 Å². The number of fused-ring (bicyclic) bond motifs is 1. The first-order chi connectivity index (χ1) is 11.7. The number of hydrogen-bond acceptors (Lipinski definition) is 6. The maximum atomic E-state index is 12.2. The van der Waals surface area contributed by atoms with E-state index in [2.05, 4.69) is 20.3 Å². The number of nitrogens with zero attached hydrogens (tertiary/aromatic N) is 4. The van der Waals surface area contributed by atoms with E-state index in [4.69, 9.17) is 4.74 Å². The van der Waals surface area contributed by atoms with E-state index in [1.807, 2.05) is 40.0 Å². The van der Waals surface area contributed by atoms with E-state index in [9.17, 15) is 9.90 Å². The Morgan fingerprint density at radius 2 is 2.24 bits per heavy atom. The van der Waals surface area contributed by atoms with Gasteiger partial charge >= 0.3 is 6.09 Å². The molecule has 0 radical (unpaired) electrons. The average molecular weight is 347 g/mol. The van der Waals surface area contributed by atoms with Crippen molar-refractivity contribution < 1.29 is 14.6 Å². The number of aliphatic hydroxyl groups is 1. The minimum atomic E-state index is -0.745. The minimum absolute atomic E-state index is 0.163. The summed E-state index contributed by atoms with van der Waals surface area (Å²) in [6.45, 7) is 8.42. The number of aromatic nitrogens is 3. The van der Waals surface area contributed by atoms with Crippen LogP contribution >= 0.6 is 0 Å². The molecular weight excluding hydrogens is 322 g/mol. The zero-order chi connectivity index (χ0) is 18.2. The zero-order valence-corrected chi connectivity index (χ0v) is 15.1. The van der Waals surface area contributed by atoms with Crippen molar-refractivity contribution >= 4 is 17.4 Å². The predicted octanol–water partition coefficient (Wildman–Crippen LogP) is 1.50. The summed E-state index contributed by atoms with van der Waals surface area (Å²) in [4.78, 5) is 18.7. The smallest absolute Gasteiger partial charge is 0.408 e. The summed E-state index contributed by atoms with van der Waals surface area (Å²) in [5, 5.41) is 17.0. The van der Waals surface area contributed by atoms with Gasteiger partial charge in [0.15, 0.2) is 5.82 Å². The highest BCUT2D eigenvalue weighted by Gasteiger charge is 2.41. The van der Waals surface area contributed by atoms with Gasteiger partial charge in [-0.05, 0) is 45.7 Å².